The van der Waals surface area contributed by atoms with Gasteiger partial charge in [-0.15, -0.1) is 0 Å². The maximum Gasteiger partial charge on any atom is 0.145 e. The highest BCUT2D eigenvalue weighted by atomic mass is 16.5. The van der Waals surface area contributed by atoms with Crippen LogP contribution in [0.3, 0.4) is 0 Å². The molecule has 0 amide bonds. The highest BCUT2D eigenvalue weighted by molar-refractivity contribution is 5.71. The third-order valence-corrected chi connectivity index (χ3v) is 3.97. The summed E-state index contributed by atoms with van der Waals surface area (Å²) < 4.78 is 11.0. The van der Waals surface area contributed by atoms with Crippen LogP contribution in [0.4, 0.5) is 5.69 Å². The monoisotopic (exact) mass is 297 g/mol. The molecule has 22 heavy (non-hydrogen) atoms. The van der Waals surface area contributed by atoms with Crippen molar-refractivity contribution in [3.8, 4) is 5.75 Å². The van der Waals surface area contributed by atoms with Crippen molar-refractivity contribution in [3.63, 3.8) is 0 Å². The Morgan fingerprint density at radius 2 is 1.86 bits per heavy atom. The molecule has 0 bridgehead atoms. The lowest BCUT2D eigenvalue weighted by Crippen LogP contribution is -2.62. The van der Waals surface area contributed by atoms with E-state index in [0.29, 0.717) is 6.61 Å². The van der Waals surface area contributed by atoms with Gasteiger partial charge in [0.05, 0.1) is 13.7 Å². The van der Waals surface area contributed by atoms with Crippen LogP contribution < -0.4 is 9.64 Å². The summed E-state index contributed by atoms with van der Waals surface area (Å²) in [5.74, 6) is 0.809. The summed E-state index contributed by atoms with van der Waals surface area (Å²) in [5, 5.41) is 0. The molecule has 0 N–H and O–H groups in total. The van der Waals surface area contributed by atoms with E-state index in [2.05, 4.69) is 0 Å². The number of hydrogen-bond donors (Lipinski definition) is 0. The minimum absolute atomic E-state index is 0.0557. The van der Waals surface area contributed by atoms with E-state index in [1.807, 2.05) is 59.5 Å². The quantitative estimate of drug-likeness (QED) is 0.768. The second kappa shape index (κ2) is 6.62. The van der Waals surface area contributed by atoms with Crippen LogP contribution in [0, 0.1) is 0 Å². The molecule has 0 unspecified atom stereocenters. The van der Waals surface area contributed by atoms with Crippen LogP contribution in [0.15, 0.2) is 54.6 Å². The first-order valence-electron chi connectivity index (χ1n) is 7.33. The minimum Gasteiger partial charge on any atom is -0.497 e. The van der Waals surface area contributed by atoms with Crippen LogP contribution in [0.2, 0.25) is 0 Å². The molecular weight excluding hydrogens is 278 g/mol. The maximum absolute atomic E-state index is 11.4. The van der Waals surface area contributed by atoms with Gasteiger partial charge in [-0.25, -0.2) is 0 Å². The number of ether oxygens (including phenoxy) is 2. The Labute approximate surface area is 130 Å². The van der Waals surface area contributed by atoms with E-state index in [4.69, 9.17) is 9.47 Å². The number of carbonyl (C=O) groups is 1. The molecule has 1 fully saturated rings. The summed E-state index contributed by atoms with van der Waals surface area (Å²) in [6.07, 6.45) is 0.906. The van der Waals surface area contributed by atoms with Crippen LogP contribution in [0.5, 0.6) is 5.75 Å². The van der Waals surface area contributed by atoms with E-state index in [1.54, 1.807) is 7.11 Å². The molecule has 2 aromatic carbocycles. The van der Waals surface area contributed by atoms with Crippen LogP contribution in [-0.4, -0.2) is 32.1 Å². The number of anilines is 1. The SMILES string of the molecule is COc1ccc(N2C[C@@H](OCc3ccccc3)[C@H]2C=O)cc1. The highest BCUT2D eigenvalue weighted by Crippen LogP contribution is 2.29. The molecule has 4 heteroatoms. The Hall–Kier alpha value is -2.33. The molecule has 0 spiro atoms. The zero-order valence-electron chi connectivity index (χ0n) is 12.5. The average molecular weight is 297 g/mol. The van der Waals surface area contributed by atoms with Gasteiger partial charge in [0, 0.05) is 12.2 Å². The molecule has 0 aromatic heterocycles. The number of benzene rings is 2. The van der Waals surface area contributed by atoms with Crippen molar-refractivity contribution in [1.29, 1.82) is 0 Å². The van der Waals surface area contributed by atoms with Gasteiger partial charge in [0.1, 0.15) is 24.2 Å². The Kier molecular flexibility index (Phi) is 4.39. The van der Waals surface area contributed by atoms with Gasteiger partial charge in [0.15, 0.2) is 0 Å². The van der Waals surface area contributed by atoms with Gasteiger partial charge >= 0.3 is 0 Å². The van der Waals surface area contributed by atoms with Gasteiger partial charge in [0.25, 0.3) is 0 Å². The zero-order chi connectivity index (χ0) is 15.4. The van der Waals surface area contributed by atoms with E-state index >= 15 is 0 Å². The van der Waals surface area contributed by atoms with Crippen molar-refractivity contribution in [2.75, 3.05) is 18.6 Å². The van der Waals surface area contributed by atoms with Crippen LogP contribution >= 0.6 is 0 Å². The van der Waals surface area contributed by atoms with Crippen molar-refractivity contribution in [2.24, 2.45) is 0 Å². The number of nitrogens with zero attached hydrogens (tertiary/aromatic N) is 1. The maximum atomic E-state index is 11.4. The highest BCUT2D eigenvalue weighted by Gasteiger charge is 2.39. The van der Waals surface area contributed by atoms with Gasteiger partial charge in [0.2, 0.25) is 0 Å². The molecule has 1 saturated heterocycles. The normalized spacial score (nSPS) is 20.3. The fourth-order valence-corrected chi connectivity index (χ4v) is 2.63. The molecule has 1 aliphatic heterocycles. The number of aldehydes is 1. The van der Waals surface area contributed by atoms with Crippen molar-refractivity contribution < 1.29 is 14.3 Å². The van der Waals surface area contributed by atoms with Crippen LogP contribution in [0.1, 0.15) is 5.56 Å². The Morgan fingerprint density at radius 1 is 1.14 bits per heavy atom. The van der Waals surface area contributed by atoms with Gasteiger partial charge in [-0.3, -0.25) is 0 Å². The molecule has 4 nitrogen and oxygen atoms in total. The third-order valence-electron chi connectivity index (χ3n) is 3.97. The fourth-order valence-electron chi connectivity index (χ4n) is 2.63. The third kappa shape index (κ3) is 2.97. The molecule has 2 aromatic rings. The summed E-state index contributed by atoms with van der Waals surface area (Å²) in [5.41, 5.74) is 2.13. The van der Waals surface area contributed by atoms with Crippen molar-refractivity contribution >= 4 is 12.0 Å². The first-order chi connectivity index (χ1) is 10.8. The fraction of sp³-hybridized carbons (Fsp3) is 0.278. The molecule has 3 rings (SSSR count). The second-order valence-electron chi connectivity index (χ2n) is 5.31. The summed E-state index contributed by atoms with van der Waals surface area (Å²) in [7, 11) is 1.64. The molecule has 2 atom stereocenters. The molecule has 0 aliphatic carbocycles. The summed E-state index contributed by atoms with van der Waals surface area (Å²) >= 11 is 0. The lowest BCUT2D eigenvalue weighted by atomic mass is 9.99. The molecule has 0 saturated carbocycles. The van der Waals surface area contributed by atoms with Crippen LogP contribution in [0.25, 0.3) is 0 Å². The van der Waals surface area contributed by atoms with Crippen molar-refractivity contribution in [1.82, 2.24) is 0 Å². The lowest BCUT2D eigenvalue weighted by molar-refractivity contribution is -0.115. The topological polar surface area (TPSA) is 38.8 Å². The summed E-state index contributed by atoms with van der Waals surface area (Å²) in [4.78, 5) is 13.4. The van der Waals surface area contributed by atoms with Gasteiger partial charge < -0.3 is 19.2 Å². The molecule has 114 valence electrons. The first-order valence-corrected chi connectivity index (χ1v) is 7.33. The van der Waals surface area contributed by atoms with Crippen molar-refractivity contribution in [2.45, 2.75) is 18.8 Å². The molecular formula is C18H19NO3. The number of rotatable bonds is 6. The zero-order valence-corrected chi connectivity index (χ0v) is 12.5. The second-order valence-corrected chi connectivity index (χ2v) is 5.31. The molecule has 1 aliphatic rings. The average Bonchev–Trinajstić information content (AvgIpc) is 2.56. The predicted octanol–water partition coefficient (Wildman–Crippen LogP) is 2.67. The van der Waals surface area contributed by atoms with Crippen LogP contribution in [-0.2, 0) is 16.1 Å². The number of hydrogen-bond acceptors (Lipinski definition) is 4. The smallest absolute Gasteiger partial charge is 0.145 e. The van der Waals surface area contributed by atoms with E-state index < -0.39 is 0 Å². The lowest BCUT2D eigenvalue weighted by Gasteiger charge is -2.46. The molecule has 0 radical (unpaired) electrons. The number of methoxy groups -OCH3 is 1. The summed E-state index contributed by atoms with van der Waals surface area (Å²) in [6.45, 7) is 1.26. The van der Waals surface area contributed by atoms with Gasteiger partial charge in [-0.2, -0.15) is 0 Å². The first kappa shape index (κ1) is 14.6. The van der Waals surface area contributed by atoms with Gasteiger partial charge in [-0.05, 0) is 29.8 Å². The van der Waals surface area contributed by atoms with E-state index in [1.165, 1.54) is 0 Å². The van der Waals surface area contributed by atoms with Crippen molar-refractivity contribution in [3.05, 3.63) is 60.2 Å². The largest absolute Gasteiger partial charge is 0.497 e. The molecule has 1 heterocycles. The Balaban J connectivity index is 1.59. The van der Waals surface area contributed by atoms with E-state index in [0.717, 1.165) is 29.8 Å². The predicted molar refractivity (Wildman–Crippen MR) is 85.2 cm³/mol. The van der Waals surface area contributed by atoms with Gasteiger partial charge in [-0.1, -0.05) is 30.3 Å². The van der Waals surface area contributed by atoms with E-state index in [-0.39, 0.29) is 12.1 Å². The Morgan fingerprint density at radius 3 is 2.50 bits per heavy atom. The standard InChI is InChI=1S/C18H19NO3/c1-21-16-9-7-15(8-10-16)19-11-18(17(19)12-20)22-13-14-5-3-2-4-6-14/h2-10,12,17-18H,11,13H2,1H3/t17-,18-/m1/s1. The Bertz CT molecular complexity index is 612. The number of carbonyl (C=O) groups excluding carboxylic acids is 1. The summed E-state index contributed by atoms with van der Waals surface area (Å²) in [6, 6.07) is 17.5. The minimum atomic E-state index is -0.225. The van der Waals surface area contributed by atoms with E-state index in [9.17, 15) is 4.79 Å².